The number of nitrogens with zero attached hydrogens (tertiary/aromatic N) is 3. The van der Waals surface area contributed by atoms with Crippen molar-refractivity contribution in [2.24, 2.45) is 7.05 Å². The monoisotopic (exact) mass is 318 g/mol. The van der Waals surface area contributed by atoms with Crippen LogP contribution in [0.25, 0.3) is 11.3 Å². The van der Waals surface area contributed by atoms with E-state index >= 15 is 0 Å². The zero-order valence-electron chi connectivity index (χ0n) is 12.7. The molecular formula is C16H19ClN4O. The number of carbonyl (C=O) groups is 1. The van der Waals surface area contributed by atoms with Crippen molar-refractivity contribution < 1.29 is 4.79 Å². The Bertz CT molecular complexity index is 691. The lowest BCUT2D eigenvalue weighted by atomic mass is 10.1. The molecule has 2 aromatic rings. The van der Waals surface area contributed by atoms with Gasteiger partial charge in [0.2, 0.25) is 0 Å². The molecule has 116 valence electrons. The van der Waals surface area contributed by atoms with Crippen LogP contribution in [0.1, 0.15) is 16.8 Å². The van der Waals surface area contributed by atoms with E-state index < -0.39 is 0 Å². The van der Waals surface area contributed by atoms with Crippen LogP contribution in [0, 0.1) is 0 Å². The molecule has 0 radical (unpaired) electrons. The number of aryl methyl sites for hydroxylation is 1. The lowest BCUT2D eigenvalue weighted by Crippen LogP contribution is -2.38. The highest BCUT2D eigenvalue weighted by Crippen LogP contribution is 2.29. The first-order valence-electron chi connectivity index (χ1n) is 7.34. The van der Waals surface area contributed by atoms with Crippen molar-refractivity contribution in [1.29, 1.82) is 0 Å². The Balaban J connectivity index is 1.97. The SMILES string of the molecule is CN(C(=O)c1cn(C)nc1-c1ccccc1Cl)[C@H]1CCNC1. The highest BCUT2D eigenvalue weighted by atomic mass is 35.5. The maximum atomic E-state index is 12.9. The number of amides is 1. The van der Waals surface area contributed by atoms with Crippen molar-refractivity contribution in [3.63, 3.8) is 0 Å². The summed E-state index contributed by atoms with van der Waals surface area (Å²) in [4.78, 5) is 14.7. The summed E-state index contributed by atoms with van der Waals surface area (Å²) in [5.41, 5.74) is 2.01. The first-order chi connectivity index (χ1) is 10.6. The summed E-state index contributed by atoms with van der Waals surface area (Å²) in [5.74, 6) is -0.0169. The summed E-state index contributed by atoms with van der Waals surface area (Å²) in [7, 11) is 3.66. The molecule has 0 saturated carbocycles. The Morgan fingerprint density at radius 1 is 1.45 bits per heavy atom. The van der Waals surface area contributed by atoms with Crippen LogP contribution in [-0.4, -0.2) is 46.8 Å². The number of nitrogens with one attached hydrogen (secondary N) is 1. The fourth-order valence-corrected chi connectivity index (χ4v) is 3.05. The van der Waals surface area contributed by atoms with Crippen molar-refractivity contribution in [2.45, 2.75) is 12.5 Å². The molecular weight excluding hydrogens is 300 g/mol. The average Bonchev–Trinajstić information content (AvgIpc) is 3.15. The van der Waals surface area contributed by atoms with Gasteiger partial charge in [-0.05, 0) is 19.0 Å². The number of hydrogen-bond acceptors (Lipinski definition) is 3. The molecule has 0 unspecified atom stereocenters. The molecule has 1 N–H and O–H groups in total. The molecule has 1 aliphatic rings. The van der Waals surface area contributed by atoms with Gasteiger partial charge in [0.1, 0.15) is 5.69 Å². The molecule has 6 heteroatoms. The van der Waals surface area contributed by atoms with E-state index in [1.165, 1.54) is 0 Å². The minimum absolute atomic E-state index is 0.0169. The van der Waals surface area contributed by atoms with Gasteiger partial charge in [-0.15, -0.1) is 0 Å². The molecule has 1 aromatic heterocycles. The standard InChI is InChI=1S/C16H19ClN4O/c1-20-10-13(16(22)21(2)11-7-8-18-9-11)15(19-20)12-5-3-4-6-14(12)17/h3-6,10-11,18H,7-9H2,1-2H3/t11-/m0/s1. The zero-order chi connectivity index (χ0) is 15.7. The fourth-order valence-electron chi connectivity index (χ4n) is 2.82. The zero-order valence-corrected chi connectivity index (χ0v) is 13.5. The van der Waals surface area contributed by atoms with Gasteiger partial charge in [0.05, 0.1) is 10.6 Å². The molecule has 1 atom stereocenters. The fraction of sp³-hybridized carbons (Fsp3) is 0.375. The van der Waals surface area contributed by atoms with E-state index in [-0.39, 0.29) is 11.9 Å². The van der Waals surface area contributed by atoms with E-state index in [2.05, 4.69) is 10.4 Å². The molecule has 3 rings (SSSR count). The van der Waals surface area contributed by atoms with E-state index in [9.17, 15) is 4.79 Å². The molecule has 1 amide bonds. The third-order valence-electron chi connectivity index (χ3n) is 4.09. The molecule has 0 bridgehead atoms. The van der Waals surface area contributed by atoms with Crippen LogP contribution in [0.15, 0.2) is 30.5 Å². The number of halogens is 1. The highest BCUT2D eigenvalue weighted by molar-refractivity contribution is 6.33. The van der Waals surface area contributed by atoms with Gasteiger partial charge in [-0.25, -0.2) is 0 Å². The van der Waals surface area contributed by atoms with Crippen molar-refractivity contribution in [1.82, 2.24) is 20.0 Å². The maximum Gasteiger partial charge on any atom is 0.257 e. The van der Waals surface area contributed by atoms with Crippen molar-refractivity contribution in [3.8, 4) is 11.3 Å². The number of benzene rings is 1. The molecule has 1 aliphatic heterocycles. The quantitative estimate of drug-likeness (QED) is 0.943. The molecule has 0 aliphatic carbocycles. The summed E-state index contributed by atoms with van der Waals surface area (Å²) in [6.45, 7) is 1.79. The van der Waals surface area contributed by atoms with Gasteiger partial charge < -0.3 is 10.2 Å². The number of aromatic nitrogens is 2. The van der Waals surface area contributed by atoms with E-state index in [4.69, 9.17) is 11.6 Å². The van der Waals surface area contributed by atoms with Crippen LogP contribution in [0.2, 0.25) is 5.02 Å². The first-order valence-corrected chi connectivity index (χ1v) is 7.72. The molecule has 5 nitrogen and oxygen atoms in total. The highest BCUT2D eigenvalue weighted by Gasteiger charge is 2.27. The minimum atomic E-state index is -0.0169. The van der Waals surface area contributed by atoms with Gasteiger partial charge in [-0.2, -0.15) is 5.10 Å². The van der Waals surface area contributed by atoms with E-state index in [0.29, 0.717) is 16.3 Å². The molecule has 1 aromatic carbocycles. The summed E-state index contributed by atoms with van der Waals surface area (Å²) in [6, 6.07) is 7.69. The number of likely N-dealkylation sites (N-methyl/N-ethyl adjacent to an activating group) is 1. The maximum absolute atomic E-state index is 12.9. The lowest BCUT2D eigenvalue weighted by molar-refractivity contribution is 0.0744. The Labute approximate surface area is 134 Å². The lowest BCUT2D eigenvalue weighted by Gasteiger charge is -2.23. The van der Waals surface area contributed by atoms with Crippen LogP contribution in [-0.2, 0) is 7.05 Å². The second-order valence-corrected chi connectivity index (χ2v) is 6.01. The molecule has 1 saturated heterocycles. The van der Waals surface area contributed by atoms with Crippen LogP contribution < -0.4 is 5.32 Å². The van der Waals surface area contributed by atoms with Gasteiger partial charge in [0.15, 0.2) is 0 Å². The Kier molecular flexibility index (Phi) is 4.18. The van der Waals surface area contributed by atoms with Gasteiger partial charge >= 0.3 is 0 Å². The first kappa shape index (κ1) is 15.1. The van der Waals surface area contributed by atoms with Crippen LogP contribution >= 0.6 is 11.6 Å². The number of hydrogen-bond donors (Lipinski definition) is 1. The Morgan fingerprint density at radius 3 is 2.91 bits per heavy atom. The van der Waals surface area contributed by atoms with E-state index in [1.807, 2.05) is 38.4 Å². The Hall–Kier alpha value is -1.85. The second-order valence-electron chi connectivity index (χ2n) is 5.61. The summed E-state index contributed by atoms with van der Waals surface area (Å²) in [6.07, 6.45) is 2.74. The number of carbonyl (C=O) groups excluding carboxylic acids is 1. The Morgan fingerprint density at radius 2 is 2.23 bits per heavy atom. The van der Waals surface area contributed by atoms with Gasteiger partial charge in [0.25, 0.3) is 5.91 Å². The van der Waals surface area contributed by atoms with Crippen molar-refractivity contribution in [3.05, 3.63) is 41.0 Å². The van der Waals surface area contributed by atoms with Gasteiger partial charge in [0, 0.05) is 38.4 Å². The third-order valence-corrected chi connectivity index (χ3v) is 4.42. The predicted octanol–water partition coefficient (Wildman–Crippen LogP) is 2.17. The van der Waals surface area contributed by atoms with Crippen LogP contribution in [0.3, 0.4) is 0 Å². The summed E-state index contributed by atoms with van der Waals surface area (Å²) in [5, 5.41) is 8.32. The van der Waals surface area contributed by atoms with Crippen LogP contribution in [0.4, 0.5) is 0 Å². The topological polar surface area (TPSA) is 50.2 Å². The second kappa shape index (κ2) is 6.10. The minimum Gasteiger partial charge on any atom is -0.337 e. The van der Waals surface area contributed by atoms with Crippen molar-refractivity contribution >= 4 is 17.5 Å². The largest absolute Gasteiger partial charge is 0.337 e. The number of rotatable bonds is 3. The summed E-state index contributed by atoms with van der Waals surface area (Å²) < 4.78 is 1.66. The van der Waals surface area contributed by atoms with Gasteiger partial charge in [-0.1, -0.05) is 29.8 Å². The normalized spacial score (nSPS) is 17.7. The molecule has 1 fully saturated rings. The van der Waals surface area contributed by atoms with E-state index in [0.717, 1.165) is 25.1 Å². The van der Waals surface area contributed by atoms with E-state index in [1.54, 1.807) is 15.8 Å². The van der Waals surface area contributed by atoms with Crippen LogP contribution in [0.5, 0.6) is 0 Å². The average molecular weight is 319 g/mol. The summed E-state index contributed by atoms with van der Waals surface area (Å²) >= 11 is 6.27. The smallest absolute Gasteiger partial charge is 0.257 e. The predicted molar refractivity (Wildman–Crippen MR) is 87.0 cm³/mol. The van der Waals surface area contributed by atoms with Gasteiger partial charge in [-0.3, -0.25) is 9.48 Å². The molecule has 2 heterocycles. The molecule has 0 spiro atoms. The van der Waals surface area contributed by atoms with Crippen molar-refractivity contribution in [2.75, 3.05) is 20.1 Å². The third kappa shape index (κ3) is 2.74. The molecule has 22 heavy (non-hydrogen) atoms.